The molecule has 0 saturated carbocycles. The van der Waals surface area contributed by atoms with Crippen molar-refractivity contribution in [2.45, 2.75) is 166 Å². The first-order chi connectivity index (χ1) is 24.9. The Labute approximate surface area is 351 Å². The topological polar surface area (TPSA) is 114 Å². The fourth-order valence-electron chi connectivity index (χ4n) is 7.09. The van der Waals surface area contributed by atoms with E-state index in [2.05, 4.69) is 39.8 Å². The van der Waals surface area contributed by atoms with E-state index < -0.39 is 20.2 Å². The van der Waals surface area contributed by atoms with E-state index in [1.54, 1.807) is 12.1 Å². The summed E-state index contributed by atoms with van der Waals surface area (Å²) in [6.07, 6.45) is 21.4. The van der Waals surface area contributed by atoms with E-state index >= 15 is 0 Å². The van der Waals surface area contributed by atoms with Crippen molar-refractivity contribution in [3.63, 3.8) is 0 Å². The van der Waals surface area contributed by atoms with Gasteiger partial charge in [0, 0.05) is 0 Å². The molecule has 4 aromatic rings. The zero-order valence-electron chi connectivity index (χ0n) is 32.9. The standard InChI is InChI=1S/2C22H32O3S.Ca/c2*1-3-5-7-9-12-18-14-11-15-19-17-22(26(23,24)25)20(16-21(18)19)13-10-8-6-4-2;/h2*11,14-17H,3-10,12-13H2,1-2H3,(H,23,24,25);/q;;+2/p-2. The summed E-state index contributed by atoms with van der Waals surface area (Å²) >= 11 is 0. The van der Waals surface area contributed by atoms with Crippen LogP contribution in [-0.4, -0.2) is 63.7 Å². The van der Waals surface area contributed by atoms with Gasteiger partial charge in [-0.2, -0.15) is 0 Å². The Morgan fingerprint density at radius 2 is 0.717 bits per heavy atom. The molecular formula is C44H62CaO6S2. The predicted molar refractivity (Wildman–Crippen MR) is 221 cm³/mol. The second-order valence-electron chi connectivity index (χ2n) is 14.3. The fraction of sp³-hybridized carbons (Fsp3) is 0.545. The maximum atomic E-state index is 11.8. The first kappa shape index (κ1) is 47.6. The van der Waals surface area contributed by atoms with Crippen molar-refractivity contribution in [3.8, 4) is 0 Å². The minimum Gasteiger partial charge on any atom is -0.744 e. The van der Waals surface area contributed by atoms with Crippen LogP contribution in [0.2, 0.25) is 0 Å². The van der Waals surface area contributed by atoms with Crippen LogP contribution in [0.25, 0.3) is 21.5 Å². The Hall–Kier alpha value is -1.52. The van der Waals surface area contributed by atoms with Crippen molar-refractivity contribution in [1.82, 2.24) is 0 Å². The summed E-state index contributed by atoms with van der Waals surface area (Å²) in [5.41, 5.74) is 3.88. The molecule has 0 aliphatic heterocycles. The van der Waals surface area contributed by atoms with E-state index in [0.29, 0.717) is 24.0 Å². The molecule has 0 aliphatic rings. The van der Waals surface area contributed by atoms with Gasteiger partial charge in [-0.15, -0.1) is 0 Å². The maximum Gasteiger partial charge on any atom is 2.00 e. The number of fused-ring (bicyclic) bond motifs is 2. The monoisotopic (exact) mass is 790 g/mol. The number of aryl methyl sites for hydroxylation is 4. The molecule has 0 aromatic heterocycles. The molecule has 0 bridgehead atoms. The minimum absolute atomic E-state index is 0. The Morgan fingerprint density at radius 3 is 1.00 bits per heavy atom. The summed E-state index contributed by atoms with van der Waals surface area (Å²) in [4.78, 5) is -0.0748. The molecule has 0 unspecified atom stereocenters. The van der Waals surface area contributed by atoms with E-state index in [1.807, 2.05) is 36.4 Å². The molecule has 0 radical (unpaired) electrons. The van der Waals surface area contributed by atoms with Crippen LogP contribution in [0.15, 0.2) is 70.5 Å². The van der Waals surface area contributed by atoms with Crippen LogP contribution in [0.3, 0.4) is 0 Å². The van der Waals surface area contributed by atoms with Crippen LogP contribution in [0.4, 0.5) is 0 Å². The van der Waals surface area contributed by atoms with E-state index in [0.717, 1.165) is 98.6 Å². The number of unbranched alkanes of at least 4 members (excludes halogenated alkanes) is 12. The largest absolute Gasteiger partial charge is 2.00 e. The third kappa shape index (κ3) is 15.9. The Balaban J connectivity index is 0.000000360. The summed E-state index contributed by atoms with van der Waals surface area (Å²) in [5, 5.41) is 3.90. The average Bonchev–Trinajstić information content (AvgIpc) is 3.11. The van der Waals surface area contributed by atoms with Gasteiger partial charge < -0.3 is 9.11 Å². The van der Waals surface area contributed by atoms with Gasteiger partial charge >= 0.3 is 37.7 Å². The molecule has 0 amide bonds. The van der Waals surface area contributed by atoms with E-state index in [9.17, 15) is 25.9 Å². The Bertz CT molecular complexity index is 1770. The zero-order chi connectivity index (χ0) is 38.0. The first-order valence-corrected chi connectivity index (χ1v) is 22.8. The van der Waals surface area contributed by atoms with E-state index in [-0.39, 0.29) is 47.5 Å². The van der Waals surface area contributed by atoms with Gasteiger partial charge in [-0.05, 0) is 119 Å². The third-order valence-corrected chi connectivity index (χ3v) is 11.9. The van der Waals surface area contributed by atoms with Crippen LogP contribution in [0, 0.1) is 0 Å². The molecule has 4 aromatic carbocycles. The minimum atomic E-state index is -4.45. The smallest absolute Gasteiger partial charge is 0.744 e. The Morgan fingerprint density at radius 1 is 0.415 bits per heavy atom. The van der Waals surface area contributed by atoms with Gasteiger partial charge in [0.2, 0.25) is 0 Å². The van der Waals surface area contributed by atoms with Gasteiger partial charge in [0.05, 0.1) is 9.79 Å². The van der Waals surface area contributed by atoms with Crippen molar-refractivity contribution in [2.24, 2.45) is 0 Å². The van der Waals surface area contributed by atoms with Crippen molar-refractivity contribution >= 4 is 79.5 Å². The van der Waals surface area contributed by atoms with Crippen LogP contribution in [0.5, 0.6) is 0 Å². The molecule has 0 heterocycles. The predicted octanol–water partition coefficient (Wildman–Crippen LogP) is 11.6. The van der Waals surface area contributed by atoms with Crippen LogP contribution < -0.4 is 0 Å². The van der Waals surface area contributed by atoms with Gasteiger partial charge in [0.15, 0.2) is 0 Å². The maximum absolute atomic E-state index is 11.8. The van der Waals surface area contributed by atoms with Crippen molar-refractivity contribution in [3.05, 3.63) is 82.9 Å². The Kier molecular flexibility index (Phi) is 22.4. The van der Waals surface area contributed by atoms with Gasteiger partial charge in [0.25, 0.3) is 0 Å². The molecule has 0 saturated heterocycles. The van der Waals surface area contributed by atoms with Crippen LogP contribution in [0.1, 0.15) is 153 Å². The number of hydrogen-bond acceptors (Lipinski definition) is 6. The SMILES string of the molecule is CCCCCCc1cc2c(CCCCCC)cccc2cc1S(=O)(=O)[O-].CCCCCCc1cc2c(CCCCCC)cccc2cc1S(=O)(=O)[O-].[Ca+2]. The zero-order valence-corrected chi connectivity index (χ0v) is 36.7. The summed E-state index contributed by atoms with van der Waals surface area (Å²) in [7, 11) is -8.91. The molecule has 0 aliphatic carbocycles. The third-order valence-electron chi connectivity index (χ3n) is 10.0. The number of rotatable bonds is 22. The number of benzene rings is 4. The molecule has 0 N–H and O–H groups in total. The van der Waals surface area contributed by atoms with Gasteiger partial charge in [-0.3, -0.25) is 0 Å². The van der Waals surface area contributed by atoms with Gasteiger partial charge in [-0.1, -0.05) is 141 Å². The second kappa shape index (κ2) is 24.9. The van der Waals surface area contributed by atoms with Crippen LogP contribution >= 0.6 is 0 Å². The second-order valence-corrected chi connectivity index (χ2v) is 17.0. The first-order valence-electron chi connectivity index (χ1n) is 19.9. The molecule has 0 fully saturated rings. The van der Waals surface area contributed by atoms with Gasteiger partial charge in [0.1, 0.15) is 20.2 Å². The van der Waals surface area contributed by atoms with Crippen molar-refractivity contribution < 1.29 is 25.9 Å². The summed E-state index contributed by atoms with van der Waals surface area (Å²) in [6, 6.07) is 19.1. The molecule has 4 rings (SSSR count). The average molecular weight is 791 g/mol. The summed E-state index contributed by atoms with van der Waals surface area (Å²) in [5.74, 6) is 0. The molecule has 0 spiro atoms. The van der Waals surface area contributed by atoms with Crippen LogP contribution in [-0.2, 0) is 45.9 Å². The molecule has 0 atom stereocenters. The molecule has 9 heteroatoms. The van der Waals surface area contributed by atoms with Crippen molar-refractivity contribution in [2.75, 3.05) is 0 Å². The summed E-state index contributed by atoms with van der Waals surface area (Å²) in [6.45, 7) is 8.70. The quantitative estimate of drug-likeness (QED) is 0.0445. The fourth-order valence-corrected chi connectivity index (χ4v) is 8.60. The molecular weight excluding hydrogens is 729 g/mol. The van der Waals surface area contributed by atoms with Crippen molar-refractivity contribution in [1.29, 1.82) is 0 Å². The number of hydrogen-bond donors (Lipinski definition) is 0. The van der Waals surface area contributed by atoms with Gasteiger partial charge in [-0.25, -0.2) is 16.8 Å². The normalized spacial score (nSPS) is 11.7. The molecule has 288 valence electrons. The molecule has 6 nitrogen and oxygen atoms in total. The summed E-state index contributed by atoms with van der Waals surface area (Å²) < 4.78 is 70.6. The molecule has 53 heavy (non-hydrogen) atoms. The van der Waals surface area contributed by atoms with E-state index in [4.69, 9.17) is 0 Å². The van der Waals surface area contributed by atoms with E-state index in [1.165, 1.54) is 49.7 Å².